The standard InChI is InChI=1S/C17H18Cl2N2O/c18-14-6-7-15(19)16(12-14)20-11-9-17(22)21-10-8-13-4-2-1-3-5-13/h1-7,12,20H,8-11H2,(H,21,22). The van der Waals surface area contributed by atoms with Crippen molar-refractivity contribution in [3.05, 3.63) is 64.1 Å². The SMILES string of the molecule is O=C(CCNc1cc(Cl)ccc1Cl)NCCc1ccccc1. The number of amides is 1. The second-order valence-electron chi connectivity index (χ2n) is 4.89. The third kappa shape index (κ3) is 5.58. The first-order valence-electron chi connectivity index (χ1n) is 7.15. The van der Waals surface area contributed by atoms with E-state index >= 15 is 0 Å². The van der Waals surface area contributed by atoms with Crippen LogP contribution < -0.4 is 10.6 Å². The first-order chi connectivity index (χ1) is 10.6. The van der Waals surface area contributed by atoms with E-state index < -0.39 is 0 Å². The van der Waals surface area contributed by atoms with Gasteiger partial charge in [0.05, 0.1) is 10.7 Å². The van der Waals surface area contributed by atoms with E-state index in [2.05, 4.69) is 22.8 Å². The van der Waals surface area contributed by atoms with Gasteiger partial charge in [-0.1, -0.05) is 53.5 Å². The minimum atomic E-state index is 0.0154. The van der Waals surface area contributed by atoms with Crippen LogP contribution in [0.2, 0.25) is 10.0 Å². The second-order valence-corrected chi connectivity index (χ2v) is 5.73. The molecule has 2 aromatic rings. The Kier molecular flexibility index (Phi) is 6.56. The number of carbonyl (C=O) groups excluding carboxylic acids is 1. The van der Waals surface area contributed by atoms with Gasteiger partial charge in [-0.15, -0.1) is 0 Å². The van der Waals surface area contributed by atoms with E-state index in [9.17, 15) is 4.79 Å². The summed E-state index contributed by atoms with van der Waals surface area (Å²) in [6.07, 6.45) is 1.22. The number of benzene rings is 2. The number of anilines is 1. The highest BCUT2D eigenvalue weighted by atomic mass is 35.5. The van der Waals surface area contributed by atoms with Crippen LogP contribution in [0.4, 0.5) is 5.69 Å². The fourth-order valence-electron chi connectivity index (χ4n) is 2.02. The van der Waals surface area contributed by atoms with E-state index in [1.54, 1.807) is 18.2 Å². The maximum Gasteiger partial charge on any atom is 0.221 e. The van der Waals surface area contributed by atoms with Crippen molar-refractivity contribution in [3.8, 4) is 0 Å². The lowest BCUT2D eigenvalue weighted by atomic mass is 10.1. The van der Waals surface area contributed by atoms with Crippen LogP contribution in [0.1, 0.15) is 12.0 Å². The van der Waals surface area contributed by atoms with E-state index in [-0.39, 0.29) is 5.91 Å². The highest BCUT2D eigenvalue weighted by molar-refractivity contribution is 6.35. The Balaban J connectivity index is 1.66. The maximum absolute atomic E-state index is 11.8. The van der Waals surface area contributed by atoms with Gasteiger partial charge in [-0.2, -0.15) is 0 Å². The van der Waals surface area contributed by atoms with Gasteiger partial charge in [0, 0.05) is 24.5 Å². The zero-order valence-corrected chi connectivity index (χ0v) is 13.6. The van der Waals surface area contributed by atoms with Crippen LogP contribution in [0.15, 0.2) is 48.5 Å². The third-order valence-electron chi connectivity index (χ3n) is 3.17. The van der Waals surface area contributed by atoms with Gasteiger partial charge in [-0.3, -0.25) is 4.79 Å². The number of carbonyl (C=O) groups is 1. The number of rotatable bonds is 7. The second kappa shape index (κ2) is 8.66. The predicted octanol–water partition coefficient (Wildman–Crippen LogP) is 4.15. The van der Waals surface area contributed by atoms with Gasteiger partial charge in [0.2, 0.25) is 5.91 Å². The van der Waals surface area contributed by atoms with Gasteiger partial charge in [0.15, 0.2) is 0 Å². The van der Waals surface area contributed by atoms with E-state index in [0.717, 1.165) is 12.1 Å². The zero-order chi connectivity index (χ0) is 15.8. The molecule has 0 aliphatic heterocycles. The van der Waals surface area contributed by atoms with Crippen LogP contribution in [0.3, 0.4) is 0 Å². The van der Waals surface area contributed by atoms with E-state index in [1.165, 1.54) is 5.56 Å². The average Bonchev–Trinajstić information content (AvgIpc) is 2.52. The molecule has 0 heterocycles. The molecule has 0 aromatic heterocycles. The minimum Gasteiger partial charge on any atom is -0.383 e. The molecule has 0 fully saturated rings. The van der Waals surface area contributed by atoms with Gasteiger partial charge < -0.3 is 10.6 Å². The number of hydrogen-bond donors (Lipinski definition) is 2. The summed E-state index contributed by atoms with van der Waals surface area (Å²) in [6.45, 7) is 1.15. The number of halogens is 2. The van der Waals surface area contributed by atoms with Crippen LogP contribution in [-0.4, -0.2) is 19.0 Å². The molecule has 0 saturated heterocycles. The number of hydrogen-bond acceptors (Lipinski definition) is 2. The lowest BCUT2D eigenvalue weighted by molar-refractivity contribution is -0.120. The van der Waals surface area contributed by atoms with Crippen molar-refractivity contribution in [2.24, 2.45) is 0 Å². The van der Waals surface area contributed by atoms with Crippen LogP contribution in [-0.2, 0) is 11.2 Å². The molecule has 0 bridgehead atoms. The molecule has 22 heavy (non-hydrogen) atoms. The largest absolute Gasteiger partial charge is 0.383 e. The summed E-state index contributed by atoms with van der Waals surface area (Å²) >= 11 is 11.9. The Morgan fingerprint density at radius 1 is 1.00 bits per heavy atom. The van der Waals surface area contributed by atoms with Crippen molar-refractivity contribution in [2.75, 3.05) is 18.4 Å². The molecule has 2 N–H and O–H groups in total. The summed E-state index contributed by atoms with van der Waals surface area (Å²) in [5.41, 5.74) is 1.96. The van der Waals surface area contributed by atoms with Crippen molar-refractivity contribution >= 4 is 34.8 Å². The molecule has 116 valence electrons. The fourth-order valence-corrected chi connectivity index (χ4v) is 2.38. The molecule has 1 amide bonds. The monoisotopic (exact) mass is 336 g/mol. The van der Waals surface area contributed by atoms with Gasteiger partial charge in [-0.05, 0) is 30.2 Å². The lowest BCUT2D eigenvalue weighted by Crippen LogP contribution is -2.27. The molecule has 3 nitrogen and oxygen atoms in total. The van der Waals surface area contributed by atoms with Gasteiger partial charge in [-0.25, -0.2) is 0 Å². The fraction of sp³-hybridized carbons (Fsp3) is 0.235. The molecule has 0 spiro atoms. The summed E-state index contributed by atoms with van der Waals surface area (Å²) in [4.78, 5) is 11.8. The molecule has 0 aliphatic rings. The summed E-state index contributed by atoms with van der Waals surface area (Å²) in [6, 6.07) is 15.3. The maximum atomic E-state index is 11.8. The quantitative estimate of drug-likeness (QED) is 0.797. The topological polar surface area (TPSA) is 41.1 Å². The molecule has 5 heteroatoms. The van der Waals surface area contributed by atoms with Gasteiger partial charge in [0.1, 0.15) is 0 Å². The smallest absolute Gasteiger partial charge is 0.221 e. The molecule has 2 rings (SSSR count). The normalized spacial score (nSPS) is 10.3. The molecular formula is C17H18Cl2N2O. The van der Waals surface area contributed by atoms with Crippen molar-refractivity contribution in [3.63, 3.8) is 0 Å². The number of nitrogens with one attached hydrogen (secondary N) is 2. The van der Waals surface area contributed by atoms with Crippen LogP contribution in [0, 0.1) is 0 Å². The van der Waals surface area contributed by atoms with E-state index in [0.29, 0.717) is 29.6 Å². The van der Waals surface area contributed by atoms with Crippen molar-refractivity contribution in [2.45, 2.75) is 12.8 Å². The van der Waals surface area contributed by atoms with Crippen LogP contribution >= 0.6 is 23.2 Å². The first kappa shape index (κ1) is 16.7. The Bertz CT molecular complexity index is 617. The molecule has 0 aliphatic carbocycles. The highest BCUT2D eigenvalue weighted by Crippen LogP contribution is 2.25. The minimum absolute atomic E-state index is 0.0154. The molecule has 0 saturated carbocycles. The molecule has 0 atom stereocenters. The summed E-state index contributed by atoms with van der Waals surface area (Å²) in [5.74, 6) is 0.0154. The van der Waals surface area contributed by atoms with Gasteiger partial charge in [0.25, 0.3) is 0 Å². The Morgan fingerprint density at radius 2 is 1.77 bits per heavy atom. The lowest BCUT2D eigenvalue weighted by Gasteiger charge is -2.09. The van der Waals surface area contributed by atoms with Crippen molar-refractivity contribution in [1.82, 2.24) is 5.32 Å². The van der Waals surface area contributed by atoms with Crippen LogP contribution in [0.5, 0.6) is 0 Å². The molecular weight excluding hydrogens is 319 g/mol. The van der Waals surface area contributed by atoms with Crippen LogP contribution in [0.25, 0.3) is 0 Å². The molecule has 2 aromatic carbocycles. The first-order valence-corrected chi connectivity index (χ1v) is 7.90. The average molecular weight is 337 g/mol. The Labute approximate surface area is 140 Å². The summed E-state index contributed by atoms with van der Waals surface area (Å²) in [7, 11) is 0. The molecule has 0 unspecified atom stereocenters. The highest BCUT2D eigenvalue weighted by Gasteiger charge is 2.03. The summed E-state index contributed by atoms with van der Waals surface area (Å²) < 4.78 is 0. The van der Waals surface area contributed by atoms with Crippen molar-refractivity contribution < 1.29 is 4.79 Å². The van der Waals surface area contributed by atoms with E-state index in [1.807, 2.05) is 18.2 Å². The van der Waals surface area contributed by atoms with Crippen molar-refractivity contribution in [1.29, 1.82) is 0 Å². The third-order valence-corrected chi connectivity index (χ3v) is 3.74. The Morgan fingerprint density at radius 3 is 2.55 bits per heavy atom. The zero-order valence-electron chi connectivity index (χ0n) is 12.1. The predicted molar refractivity (Wildman–Crippen MR) is 92.7 cm³/mol. The van der Waals surface area contributed by atoms with Gasteiger partial charge >= 0.3 is 0 Å². The molecule has 0 radical (unpaired) electrons. The Hall–Kier alpha value is -1.71. The summed E-state index contributed by atoms with van der Waals surface area (Å²) in [5, 5.41) is 7.22. The van der Waals surface area contributed by atoms with E-state index in [4.69, 9.17) is 23.2 Å².